The molecule has 160 valence electrons. The maximum Gasteiger partial charge on any atom is 0.227 e. The number of ketones is 1. The van der Waals surface area contributed by atoms with E-state index in [4.69, 9.17) is 14.5 Å². The number of nitrogens with zero attached hydrogens (tertiary/aromatic N) is 4. The molecule has 3 heterocycles. The van der Waals surface area contributed by atoms with Crippen LogP contribution in [0.5, 0.6) is 0 Å². The monoisotopic (exact) mass is 417 g/mol. The van der Waals surface area contributed by atoms with Crippen LogP contribution in [0.2, 0.25) is 0 Å². The van der Waals surface area contributed by atoms with Crippen LogP contribution in [0.25, 0.3) is 11.4 Å². The standard InChI is InChI=1S/C24H27N5O2/c1-14-6-11-19(31-14)21-20-17(12-24(2,3)13-18(20)30)25-23-26-22(27-29(21)23)15-7-9-16(10-8-15)28(4)5/h6-11,21H,12-13H2,1-5H3,(H,25,26,27). The largest absolute Gasteiger partial charge is 0.464 e. The third-order valence-corrected chi connectivity index (χ3v) is 6.00. The highest BCUT2D eigenvalue weighted by Gasteiger charge is 2.43. The van der Waals surface area contributed by atoms with E-state index in [-0.39, 0.29) is 11.2 Å². The van der Waals surface area contributed by atoms with Gasteiger partial charge in [0.05, 0.1) is 0 Å². The molecule has 7 nitrogen and oxygen atoms in total. The summed E-state index contributed by atoms with van der Waals surface area (Å²) in [6.07, 6.45) is 1.29. The fraction of sp³-hybridized carbons (Fsp3) is 0.375. The minimum atomic E-state index is -0.411. The lowest BCUT2D eigenvalue weighted by Gasteiger charge is -2.37. The number of allylic oxidation sites excluding steroid dienone is 2. The van der Waals surface area contributed by atoms with Crippen LogP contribution in [0.4, 0.5) is 11.6 Å². The lowest BCUT2D eigenvalue weighted by Crippen LogP contribution is -2.36. The second kappa shape index (κ2) is 6.83. The number of fused-ring (bicyclic) bond motifs is 1. The summed E-state index contributed by atoms with van der Waals surface area (Å²) in [5, 5.41) is 8.22. The van der Waals surface area contributed by atoms with Gasteiger partial charge in [0.25, 0.3) is 0 Å². The molecule has 0 saturated carbocycles. The normalized spacial score (nSPS) is 19.6. The number of nitrogens with one attached hydrogen (secondary N) is 1. The van der Waals surface area contributed by atoms with E-state index < -0.39 is 6.04 Å². The Bertz CT molecular complexity index is 1200. The molecule has 1 aromatic carbocycles. The minimum absolute atomic E-state index is 0.0976. The third-order valence-electron chi connectivity index (χ3n) is 6.00. The van der Waals surface area contributed by atoms with E-state index in [1.807, 2.05) is 57.4 Å². The summed E-state index contributed by atoms with van der Waals surface area (Å²) in [6, 6.07) is 11.6. The van der Waals surface area contributed by atoms with Gasteiger partial charge in [-0.05, 0) is 55.2 Å². The molecule has 31 heavy (non-hydrogen) atoms. The second-order valence-corrected chi connectivity index (χ2v) is 9.45. The molecule has 0 saturated heterocycles. The summed E-state index contributed by atoms with van der Waals surface area (Å²) in [5.41, 5.74) is 3.60. The van der Waals surface area contributed by atoms with Gasteiger partial charge < -0.3 is 14.6 Å². The molecule has 0 amide bonds. The number of furan rings is 1. The van der Waals surface area contributed by atoms with Crippen molar-refractivity contribution in [3.8, 4) is 11.4 Å². The Kier molecular flexibility index (Phi) is 4.32. The Morgan fingerprint density at radius 1 is 1.13 bits per heavy atom. The molecule has 0 fully saturated rings. The van der Waals surface area contributed by atoms with Crippen molar-refractivity contribution in [3.05, 3.63) is 59.2 Å². The number of benzene rings is 1. The minimum Gasteiger partial charge on any atom is -0.464 e. The molecule has 5 rings (SSSR count). The third kappa shape index (κ3) is 3.34. The van der Waals surface area contributed by atoms with E-state index in [1.54, 1.807) is 4.68 Å². The summed E-state index contributed by atoms with van der Waals surface area (Å²) in [4.78, 5) is 20.1. The Labute approximate surface area is 181 Å². The van der Waals surface area contributed by atoms with E-state index in [1.165, 1.54) is 0 Å². The molecule has 0 bridgehead atoms. The molecule has 2 aliphatic rings. The number of Topliss-reactive ketones (excluding diaryl/α,β-unsaturated/α-hetero) is 1. The number of carbonyl (C=O) groups is 1. The highest BCUT2D eigenvalue weighted by atomic mass is 16.3. The Balaban J connectivity index is 1.62. The average molecular weight is 418 g/mol. The second-order valence-electron chi connectivity index (χ2n) is 9.45. The average Bonchev–Trinajstić information content (AvgIpc) is 3.31. The molecule has 3 aromatic rings. The summed E-state index contributed by atoms with van der Waals surface area (Å²) in [5.74, 6) is 2.90. The smallest absolute Gasteiger partial charge is 0.227 e. The van der Waals surface area contributed by atoms with Gasteiger partial charge in [-0.15, -0.1) is 5.10 Å². The fourth-order valence-electron chi connectivity index (χ4n) is 4.50. The molecule has 1 N–H and O–H groups in total. The summed E-state index contributed by atoms with van der Waals surface area (Å²) in [6.45, 7) is 6.16. The van der Waals surface area contributed by atoms with Crippen molar-refractivity contribution in [1.29, 1.82) is 0 Å². The fourth-order valence-corrected chi connectivity index (χ4v) is 4.50. The van der Waals surface area contributed by atoms with Crippen molar-refractivity contribution in [2.45, 2.75) is 39.7 Å². The van der Waals surface area contributed by atoms with Crippen LogP contribution in [0.1, 0.15) is 44.3 Å². The molecule has 1 atom stereocenters. The number of hydrogen-bond donors (Lipinski definition) is 1. The van der Waals surface area contributed by atoms with Gasteiger partial charge in [0.1, 0.15) is 17.6 Å². The van der Waals surface area contributed by atoms with Crippen LogP contribution in [-0.4, -0.2) is 34.6 Å². The van der Waals surface area contributed by atoms with E-state index in [0.717, 1.165) is 34.7 Å². The summed E-state index contributed by atoms with van der Waals surface area (Å²) < 4.78 is 7.77. The van der Waals surface area contributed by atoms with Crippen LogP contribution in [-0.2, 0) is 4.79 Å². The first-order valence-corrected chi connectivity index (χ1v) is 10.6. The molecule has 7 heteroatoms. The van der Waals surface area contributed by atoms with Crippen molar-refractivity contribution in [2.24, 2.45) is 5.41 Å². The number of aryl methyl sites for hydroxylation is 1. The van der Waals surface area contributed by atoms with Gasteiger partial charge in [-0.3, -0.25) is 4.79 Å². The van der Waals surface area contributed by atoms with Crippen LogP contribution in [0.3, 0.4) is 0 Å². The predicted octanol–water partition coefficient (Wildman–Crippen LogP) is 4.57. The van der Waals surface area contributed by atoms with Crippen LogP contribution in [0, 0.1) is 12.3 Å². The van der Waals surface area contributed by atoms with Gasteiger partial charge in [-0.1, -0.05) is 13.8 Å². The molecule has 2 aromatic heterocycles. The Hall–Kier alpha value is -3.35. The molecule has 0 radical (unpaired) electrons. The van der Waals surface area contributed by atoms with Gasteiger partial charge in [0.2, 0.25) is 5.95 Å². The molecular formula is C24H27N5O2. The Morgan fingerprint density at radius 2 is 1.87 bits per heavy atom. The van der Waals surface area contributed by atoms with Crippen LogP contribution >= 0.6 is 0 Å². The molecule has 1 aliphatic heterocycles. The number of carbonyl (C=O) groups excluding carboxylic acids is 1. The molecule has 0 spiro atoms. The van der Waals surface area contributed by atoms with Gasteiger partial charge in [-0.25, -0.2) is 4.68 Å². The van der Waals surface area contributed by atoms with Crippen LogP contribution in [0.15, 0.2) is 52.1 Å². The SMILES string of the molecule is Cc1ccc(C2C3=C(CC(C)(C)CC3=O)Nc3nc(-c4ccc(N(C)C)cc4)nn32)o1. The maximum atomic E-state index is 13.2. The molecular weight excluding hydrogens is 390 g/mol. The number of aromatic nitrogens is 3. The molecule has 1 unspecified atom stereocenters. The lowest BCUT2D eigenvalue weighted by atomic mass is 9.73. The first-order valence-electron chi connectivity index (χ1n) is 10.6. The highest BCUT2D eigenvalue weighted by molar-refractivity contribution is 6.00. The van der Waals surface area contributed by atoms with Gasteiger partial charge in [0, 0.05) is 43.0 Å². The topological polar surface area (TPSA) is 76.2 Å². The summed E-state index contributed by atoms with van der Waals surface area (Å²) in [7, 11) is 4.02. The first-order chi connectivity index (χ1) is 14.7. The number of rotatable bonds is 3. The number of hydrogen-bond acceptors (Lipinski definition) is 6. The quantitative estimate of drug-likeness (QED) is 0.673. The van der Waals surface area contributed by atoms with Crippen molar-refractivity contribution in [1.82, 2.24) is 14.8 Å². The first kappa shape index (κ1) is 19.6. The zero-order valence-electron chi connectivity index (χ0n) is 18.6. The zero-order valence-corrected chi connectivity index (χ0v) is 18.6. The summed E-state index contributed by atoms with van der Waals surface area (Å²) >= 11 is 0. The lowest BCUT2D eigenvalue weighted by molar-refractivity contribution is -0.118. The van der Waals surface area contributed by atoms with Crippen molar-refractivity contribution in [2.75, 3.05) is 24.3 Å². The molecule has 1 aliphatic carbocycles. The zero-order chi connectivity index (χ0) is 21.9. The van der Waals surface area contributed by atoms with Crippen LogP contribution < -0.4 is 10.2 Å². The van der Waals surface area contributed by atoms with E-state index in [0.29, 0.717) is 24.0 Å². The van der Waals surface area contributed by atoms with Crippen molar-refractivity contribution < 1.29 is 9.21 Å². The van der Waals surface area contributed by atoms with Gasteiger partial charge >= 0.3 is 0 Å². The predicted molar refractivity (Wildman–Crippen MR) is 120 cm³/mol. The highest BCUT2D eigenvalue weighted by Crippen LogP contribution is 2.45. The number of anilines is 2. The van der Waals surface area contributed by atoms with E-state index >= 15 is 0 Å². The Morgan fingerprint density at radius 3 is 2.52 bits per heavy atom. The maximum absolute atomic E-state index is 13.2. The van der Waals surface area contributed by atoms with E-state index in [9.17, 15) is 4.79 Å². The van der Waals surface area contributed by atoms with Crippen molar-refractivity contribution in [3.63, 3.8) is 0 Å². The van der Waals surface area contributed by atoms with E-state index in [2.05, 4.69) is 24.1 Å². The van der Waals surface area contributed by atoms with Gasteiger partial charge in [0.15, 0.2) is 11.6 Å². The van der Waals surface area contributed by atoms with Gasteiger partial charge in [-0.2, -0.15) is 4.98 Å². The van der Waals surface area contributed by atoms with Crippen molar-refractivity contribution >= 4 is 17.4 Å².